The molecule has 0 aliphatic heterocycles. The quantitative estimate of drug-likeness (QED) is 0.803. The highest BCUT2D eigenvalue weighted by Gasteiger charge is 2.07. The summed E-state index contributed by atoms with van der Waals surface area (Å²) in [6, 6.07) is 7.46. The maximum atomic E-state index is 11.7. The third kappa shape index (κ3) is 5.98. The van der Waals surface area contributed by atoms with Crippen molar-refractivity contribution in [3.8, 4) is 0 Å². The lowest BCUT2D eigenvalue weighted by Crippen LogP contribution is -2.15. The molecular weight excluding hydrogens is 260 g/mol. The lowest BCUT2D eigenvalue weighted by Gasteiger charge is -2.07. The Hall–Kier alpha value is -1.20. The summed E-state index contributed by atoms with van der Waals surface area (Å²) in [6.45, 7) is 4.35. The van der Waals surface area contributed by atoms with E-state index in [0.717, 1.165) is 11.3 Å². The molecule has 0 fully saturated rings. The number of carbonyl (C=O) groups is 1. The van der Waals surface area contributed by atoms with Crippen LogP contribution in [0.2, 0.25) is 0 Å². The number of hydrogen-bond donors (Lipinski definition) is 2. The van der Waals surface area contributed by atoms with Crippen molar-refractivity contribution >= 4 is 22.4 Å². The normalized spacial score (nSPS) is 12.4. The van der Waals surface area contributed by atoms with Gasteiger partial charge in [0.1, 0.15) is 0 Å². The zero-order chi connectivity index (χ0) is 14.3. The van der Waals surface area contributed by atoms with Gasteiger partial charge in [-0.25, -0.2) is 0 Å². The second kappa shape index (κ2) is 8.07. The van der Waals surface area contributed by atoms with Crippen LogP contribution in [-0.2, 0) is 22.1 Å². The van der Waals surface area contributed by atoms with Crippen molar-refractivity contribution in [1.29, 1.82) is 0 Å². The topological polar surface area (TPSA) is 72.2 Å². The smallest absolute Gasteiger partial charge is 0.224 e. The van der Waals surface area contributed by atoms with Crippen LogP contribution in [0.3, 0.4) is 0 Å². The molecule has 0 saturated heterocycles. The molecule has 0 radical (unpaired) electrons. The van der Waals surface area contributed by atoms with Gasteiger partial charge in [0.25, 0.3) is 0 Å². The van der Waals surface area contributed by atoms with E-state index in [0.29, 0.717) is 25.1 Å². The summed E-state index contributed by atoms with van der Waals surface area (Å²) in [5.41, 5.74) is 7.31. The SMILES string of the molecule is CC(C)S(=O)CCCC(=O)Nc1ccc(CN)cc1. The maximum Gasteiger partial charge on any atom is 0.224 e. The summed E-state index contributed by atoms with van der Waals surface area (Å²) in [5, 5.41) is 2.98. The first-order valence-corrected chi connectivity index (χ1v) is 7.87. The lowest BCUT2D eigenvalue weighted by atomic mass is 10.2. The first-order valence-electron chi connectivity index (χ1n) is 6.49. The Morgan fingerprint density at radius 1 is 1.32 bits per heavy atom. The number of hydrogen-bond acceptors (Lipinski definition) is 3. The first-order chi connectivity index (χ1) is 9.02. The predicted molar refractivity (Wildman–Crippen MR) is 80.3 cm³/mol. The van der Waals surface area contributed by atoms with Crippen molar-refractivity contribution in [2.75, 3.05) is 11.1 Å². The Morgan fingerprint density at radius 3 is 2.47 bits per heavy atom. The molecule has 0 bridgehead atoms. The molecule has 106 valence electrons. The minimum Gasteiger partial charge on any atom is -0.326 e. The fraction of sp³-hybridized carbons (Fsp3) is 0.500. The summed E-state index contributed by atoms with van der Waals surface area (Å²) in [7, 11) is -0.833. The molecular formula is C14H22N2O2S. The number of anilines is 1. The summed E-state index contributed by atoms with van der Waals surface area (Å²) >= 11 is 0. The largest absolute Gasteiger partial charge is 0.326 e. The molecule has 1 aromatic rings. The van der Waals surface area contributed by atoms with Crippen LogP contribution < -0.4 is 11.1 Å². The van der Waals surface area contributed by atoms with Crippen LogP contribution in [0.4, 0.5) is 5.69 Å². The molecule has 19 heavy (non-hydrogen) atoms. The second-order valence-corrected chi connectivity index (χ2v) is 6.80. The molecule has 0 aromatic heterocycles. The Kier molecular flexibility index (Phi) is 6.73. The zero-order valence-corrected chi connectivity index (χ0v) is 12.3. The highest BCUT2D eigenvalue weighted by molar-refractivity contribution is 7.85. The van der Waals surface area contributed by atoms with Crippen molar-refractivity contribution in [2.45, 2.75) is 38.5 Å². The molecule has 0 spiro atoms. The van der Waals surface area contributed by atoms with Gasteiger partial charge in [-0.1, -0.05) is 26.0 Å². The van der Waals surface area contributed by atoms with E-state index in [4.69, 9.17) is 5.73 Å². The minimum absolute atomic E-state index is 0.0405. The molecule has 1 atom stereocenters. The maximum absolute atomic E-state index is 11.7. The van der Waals surface area contributed by atoms with Gasteiger partial charge < -0.3 is 11.1 Å². The average Bonchev–Trinajstić information content (AvgIpc) is 2.39. The molecule has 0 heterocycles. The van der Waals surface area contributed by atoms with E-state index in [-0.39, 0.29) is 11.2 Å². The monoisotopic (exact) mass is 282 g/mol. The Balaban J connectivity index is 2.32. The van der Waals surface area contributed by atoms with E-state index in [1.54, 1.807) is 0 Å². The highest BCUT2D eigenvalue weighted by atomic mass is 32.2. The minimum atomic E-state index is -0.833. The van der Waals surface area contributed by atoms with Gasteiger partial charge in [0.05, 0.1) is 0 Å². The Labute approximate surface area is 117 Å². The van der Waals surface area contributed by atoms with E-state index in [2.05, 4.69) is 5.32 Å². The van der Waals surface area contributed by atoms with Gasteiger partial charge in [-0.15, -0.1) is 0 Å². The fourth-order valence-corrected chi connectivity index (χ4v) is 2.46. The number of benzene rings is 1. The summed E-state index contributed by atoms with van der Waals surface area (Å²) < 4.78 is 11.5. The van der Waals surface area contributed by atoms with Gasteiger partial charge in [-0.3, -0.25) is 9.00 Å². The molecule has 1 unspecified atom stereocenters. The molecule has 5 heteroatoms. The van der Waals surface area contributed by atoms with Crippen molar-refractivity contribution in [1.82, 2.24) is 0 Å². The zero-order valence-electron chi connectivity index (χ0n) is 11.5. The van der Waals surface area contributed by atoms with E-state index in [1.807, 2.05) is 38.1 Å². The van der Waals surface area contributed by atoms with Gasteiger partial charge in [0.15, 0.2) is 0 Å². The number of rotatable bonds is 7. The van der Waals surface area contributed by atoms with E-state index < -0.39 is 10.8 Å². The molecule has 0 saturated carbocycles. The molecule has 0 aliphatic carbocycles. The van der Waals surface area contributed by atoms with E-state index >= 15 is 0 Å². The van der Waals surface area contributed by atoms with Crippen LogP contribution >= 0.6 is 0 Å². The average molecular weight is 282 g/mol. The molecule has 3 N–H and O–H groups in total. The standard InChI is InChI=1S/C14H22N2O2S/c1-11(2)19(18)9-3-4-14(17)16-13-7-5-12(10-15)6-8-13/h5-8,11H,3-4,9-10,15H2,1-2H3,(H,16,17). The lowest BCUT2D eigenvalue weighted by molar-refractivity contribution is -0.116. The summed E-state index contributed by atoms with van der Waals surface area (Å²) in [4.78, 5) is 11.7. The highest BCUT2D eigenvalue weighted by Crippen LogP contribution is 2.10. The second-order valence-electron chi connectivity index (χ2n) is 4.69. The van der Waals surface area contributed by atoms with Crippen molar-refractivity contribution in [2.24, 2.45) is 5.73 Å². The number of amides is 1. The van der Waals surface area contributed by atoms with Crippen LogP contribution in [0, 0.1) is 0 Å². The van der Waals surface area contributed by atoms with Gasteiger partial charge in [-0.05, 0) is 24.1 Å². The van der Waals surface area contributed by atoms with E-state index in [1.165, 1.54) is 0 Å². The number of carbonyl (C=O) groups excluding carboxylic acids is 1. The summed E-state index contributed by atoms with van der Waals surface area (Å²) in [6.07, 6.45) is 1.05. The van der Waals surface area contributed by atoms with Gasteiger partial charge in [0, 0.05) is 40.5 Å². The van der Waals surface area contributed by atoms with Crippen LogP contribution in [0.1, 0.15) is 32.3 Å². The van der Waals surface area contributed by atoms with Gasteiger partial charge in [-0.2, -0.15) is 0 Å². The van der Waals surface area contributed by atoms with Crippen LogP contribution in [0.15, 0.2) is 24.3 Å². The van der Waals surface area contributed by atoms with Crippen LogP contribution in [0.25, 0.3) is 0 Å². The first kappa shape index (κ1) is 15.9. The van der Waals surface area contributed by atoms with Crippen molar-refractivity contribution in [3.05, 3.63) is 29.8 Å². The molecule has 1 rings (SSSR count). The third-order valence-electron chi connectivity index (χ3n) is 2.75. The Morgan fingerprint density at radius 2 is 1.95 bits per heavy atom. The number of nitrogens with one attached hydrogen (secondary N) is 1. The molecule has 1 amide bonds. The van der Waals surface area contributed by atoms with Gasteiger partial charge >= 0.3 is 0 Å². The van der Waals surface area contributed by atoms with Crippen molar-refractivity contribution < 1.29 is 9.00 Å². The number of nitrogens with two attached hydrogens (primary N) is 1. The summed E-state index contributed by atoms with van der Waals surface area (Å²) in [5.74, 6) is 0.540. The molecule has 1 aromatic carbocycles. The van der Waals surface area contributed by atoms with Crippen LogP contribution in [-0.4, -0.2) is 21.1 Å². The predicted octanol–water partition coefficient (Wildman–Crippen LogP) is 2.02. The van der Waals surface area contributed by atoms with Crippen LogP contribution in [0.5, 0.6) is 0 Å². The van der Waals surface area contributed by atoms with E-state index in [9.17, 15) is 9.00 Å². The van der Waals surface area contributed by atoms with Gasteiger partial charge in [0.2, 0.25) is 5.91 Å². The molecule has 4 nitrogen and oxygen atoms in total. The Bertz CT molecular complexity index is 430. The fourth-order valence-electron chi connectivity index (χ4n) is 1.56. The third-order valence-corrected chi connectivity index (χ3v) is 4.49. The molecule has 0 aliphatic rings. The van der Waals surface area contributed by atoms with Crippen molar-refractivity contribution in [3.63, 3.8) is 0 Å².